The summed E-state index contributed by atoms with van der Waals surface area (Å²) in [5.74, 6) is -0.554. The topological polar surface area (TPSA) is 26.8 Å². The van der Waals surface area contributed by atoms with Crippen molar-refractivity contribution < 1.29 is 9.18 Å². The van der Waals surface area contributed by atoms with Crippen LogP contribution >= 0.6 is 11.6 Å². The zero-order valence-electron chi connectivity index (χ0n) is 16.8. The molecular weight excluding hydrogens is 389 g/mol. The molecule has 0 N–H and O–H groups in total. The molecule has 1 unspecified atom stereocenters. The molecule has 0 bridgehead atoms. The summed E-state index contributed by atoms with van der Waals surface area (Å²) in [4.78, 5) is 19.8. The van der Waals surface area contributed by atoms with Crippen LogP contribution in [-0.4, -0.2) is 61.0 Å². The van der Waals surface area contributed by atoms with Gasteiger partial charge in [-0.15, -0.1) is 0 Å². The second kappa shape index (κ2) is 8.72. The number of likely N-dealkylation sites (tertiary alicyclic amines) is 1. The van der Waals surface area contributed by atoms with Crippen LogP contribution in [0.25, 0.3) is 0 Å². The highest BCUT2D eigenvalue weighted by Gasteiger charge is 2.30. The number of nitrogens with zero attached hydrogens (tertiary/aromatic N) is 3. The van der Waals surface area contributed by atoms with Crippen LogP contribution in [0.2, 0.25) is 5.02 Å². The number of aryl methyl sites for hydroxylation is 1. The van der Waals surface area contributed by atoms with Crippen LogP contribution in [0.1, 0.15) is 28.8 Å². The van der Waals surface area contributed by atoms with Crippen molar-refractivity contribution in [2.75, 3.05) is 44.2 Å². The summed E-state index contributed by atoms with van der Waals surface area (Å²) in [5, 5.41) is -0.00302. The van der Waals surface area contributed by atoms with Gasteiger partial charge in [0.15, 0.2) is 0 Å². The Balaban J connectivity index is 1.37. The van der Waals surface area contributed by atoms with Gasteiger partial charge in [0.2, 0.25) is 0 Å². The van der Waals surface area contributed by atoms with E-state index in [1.165, 1.54) is 29.4 Å². The van der Waals surface area contributed by atoms with Crippen LogP contribution in [0.3, 0.4) is 0 Å². The van der Waals surface area contributed by atoms with Crippen molar-refractivity contribution in [2.45, 2.75) is 25.8 Å². The number of rotatable bonds is 3. The molecule has 154 valence electrons. The molecule has 2 aliphatic rings. The van der Waals surface area contributed by atoms with Gasteiger partial charge in [0.1, 0.15) is 5.82 Å². The van der Waals surface area contributed by atoms with E-state index in [1.54, 1.807) is 0 Å². The number of carbonyl (C=O) groups excluding carboxylic acids is 1. The lowest BCUT2D eigenvalue weighted by Crippen LogP contribution is -2.56. The van der Waals surface area contributed by atoms with E-state index in [-0.39, 0.29) is 10.9 Å². The fourth-order valence-electron chi connectivity index (χ4n) is 4.50. The lowest BCUT2D eigenvalue weighted by atomic mass is 10.0. The quantitative estimate of drug-likeness (QED) is 0.751. The second-order valence-corrected chi connectivity index (χ2v) is 8.39. The maximum Gasteiger partial charge on any atom is 0.253 e. The van der Waals surface area contributed by atoms with Crippen molar-refractivity contribution in [2.24, 2.45) is 0 Å². The normalized spacial score (nSPS) is 20.7. The largest absolute Gasteiger partial charge is 0.369 e. The lowest BCUT2D eigenvalue weighted by molar-refractivity contribution is 0.0563. The first-order chi connectivity index (χ1) is 14.0. The standard InChI is InChI=1S/C23H27ClFN3O/c1-17-5-2-3-7-22(17)27-13-11-26(12-14-27)19-6-4-10-28(16-19)23(29)18-8-9-21(25)20(24)15-18/h2-3,5,7-9,15,19H,4,6,10-14,16H2,1H3. The Bertz CT molecular complexity index is 882. The fraction of sp³-hybridized carbons (Fsp3) is 0.435. The number of benzene rings is 2. The predicted molar refractivity (Wildman–Crippen MR) is 115 cm³/mol. The van der Waals surface area contributed by atoms with Gasteiger partial charge >= 0.3 is 0 Å². The number of hydrogen-bond acceptors (Lipinski definition) is 3. The monoisotopic (exact) mass is 415 g/mol. The van der Waals surface area contributed by atoms with E-state index in [4.69, 9.17) is 11.6 Å². The minimum Gasteiger partial charge on any atom is -0.369 e. The Morgan fingerprint density at radius 1 is 1.07 bits per heavy atom. The molecule has 0 aliphatic carbocycles. The Kier molecular flexibility index (Phi) is 6.07. The summed E-state index contributed by atoms with van der Waals surface area (Å²) in [6.07, 6.45) is 2.10. The molecule has 4 rings (SSSR count). The van der Waals surface area contributed by atoms with Crippen LogP contribution in [-0.2, 0) is 0 Å². The first-order valence-electron chi connectivity index (χ1n) is 10.3. The lowest BCUT2D eigenvalue weighted by Gasteiger charge is -2.44. The van der Waals surface area contributed by atoms with Crippen LogP contribution in [0.15, 0.2) is 42.5 Å². The van der Waals surface area contributed by atoms with Gasteiger partial charge in [-0.2, -0.15) is 0 Å². The molecule has 4 nitrogen and oxygen atoms in total. The van der Waals surface area contributed by atoms with Crippen molar-refractivity contribution in [3.8, 4) is 0 Å². The van der Waals surface area contributed by atoms with E-state index in [0.717, 1.165) is 52.1 Å². The zero-order valence-corrected chi connectivity index (χ0v) is 17.5. The molecule has 6 heteroatoms. The van der Waals surface area contributed by atoms with Gasteiger partial charge < -0.3 is 9.80 Å². The summed E-state index contributed by atoms with van der Waals surface area (Å²) in [6.45, 7) is 7.64. The second-order valence-electron chi connectivity index (χ2n) is 7.99. The van der Waals surface area contributed by atoms with Gasteiger partial charge in [-0.25, -0.2) is 4.39 Å². The summed E-state index contributed by atoms with van der Waals surface area (Å²) < 4.78 is 13.4. The number of piperazine rings is 1. The smallest absolute Gasteiger partial charge is 0.253 e. The maximum atomic E-state index is 13.4. The number of anilines is 1. The van der Waals surface area contributed by atoms with Crippen LogP contribution in [0.5, 0.6) is 0 Å². The Morgan fingerprint density at radius 2 is 1.83 bits per heavy atom. The number of para-hydroxylation sites is 1. The summed E-state index contributed by atoms with van der Waals surface area (Å²) in [5.41, 5.74) is 3.09. The van der Waals surface area contributed by atoms with Crippen molar-refractivity contribution >= 4 is 23.2 Å². The third kappa shape index (κ3) is 4.41. The molecule has 2 heterocycles. The van der Waals surface area contributed by atoms with Gasteiger partial charge in [-0.05, 0) is 49.6 Å². The van der Waals surface area contributed by atoms with Gasteiger partial charge in [-0.3, -0.25) is 9.69 Å². The van der Waals surface area contributed by atoms with Gasteiger partial charge in [0, 0.05) is 56.6 Å². The average molecular weight is 416 g/mol. The van der Waals surface area contributed by atoms with Crippen molar-refractivity contribution in [1.29, 1.82) is 0 Å². The van der Waals surface area contributed by atoms with Crippen LogP contribution < -0.4 is 4.90 Å². The van der Waals surface area contributed by atoms with Crippen molar-refractivity contribution in [3.05, 3.63) is 64.4 Å². The number of hydrogen-bond donors (Lipinski definition) is 0. The highest BCUT2D eigenvalue weighted by Crippen LogP contribution is 2.24. The molecular formula is C23H27ClFN3O. The van der Waals surface area contributed by atoms with Crippen LogP contribution in [0.4, 0.5) is 10.1 Å². The first-order valence-corrected chi connectivity index (χ1v) is 10.7. The van der Waals surface area contributed by atoms with Gasteiger partial charge in [0.05, 0.1) is 5.02 Å². The van der Waals surface area contributed by atoms with E-state index >= 15 is 0 Å². The average Bonchev–Trinajstić information content (AvgIpc) is 2.76. The first kappa shape index (κ1) is 20.2. The number of piperidine rings is 1. The van der Waals surface area contributed by atoms with Crippen molar-refractivity contribution in [1.82, 2.24) is 9.80 Å². The molecule has 0 aromatic heterocycles. The minimum atomic E-state index is -0.494. The highest BCUT2D eigenvalue weighted by molar-refractivity contribution is 6.31. The van der Waals surface area contributed by atoms with Gasteiger partial charge in [0.25, 0.3) is 5.91 Å². The third-order valence-corrected chi connectivity index (χ3v) is 6.43. The predicted octanol–water partition coefficient (Wildman–Crippen LogP) is 4.21. The Morgan fingerprint density at radius 3 is 2.55 bits per heavy atom. The van der Waals surface area contributed by atoms with E-state index in [2.05, 4.69) is 41.0 Å². The van der Waals surface area contributed by atoms with Crippen LogP contribution in [0, 0.1) is 12.7 Å². The van der Waals surface area contributed by atoms with Crippen molar-refractivity contribution in [3.63, 3.8) is 0 Å². The van der Waals surface area contributed by atoms with E-state index in [1.807, 2.05) is 4.90 Å². The minimum absolute atomic E-state index is 0.00302. The Labute approximate surface area is 176 Å². The molecule has 1 amide bonds. The molecule has 0 saturated carbocycles. The fourth-order valence-corrected chi connectivity index (χ4v) is 4.68. The molecule has 29 heavy (non-hydrogen) atoms. The molecule has 1 atom stereocenters. The molecule has 2 aromatic carbocycles. The molecule has 2 aromatic rings. The summed E-state index contributed by atoms with van der Waals surface area (Å²) in [6, 6.07) is 13.1. The van der Waals surface area contributed by atoms with E-state index in [0.29, 0.717) is 11.6 Å². The molecule has 0 spiro atoms. The maximum absolute atomic E-state index is 13.4. The molecule has 2 aliphatic heterocycles. The number of carbonyl (C=O) groups is 1. The van der Waals surface area contributed by atoms with Gasteiger partial charge in [-0.1, -0.05) is 29.8 Å². The number of amides is 1. The SMILES string of the molecule is Cc1ccccc1N1CCN(C2CCCN(C(=O)c3ccc(F)c(Cl)c3)C2)CC1. The van der Waals surface area contributed by atoms with E-state index in [9.17, 15) is 9.18 Å². The number of halogens is 2. The molecule has 2 fully saturated rings. The molecule has 2 saturated heterocycles. The third-order valence-electron chi connectivity index (χ3n) is 6.14. The zero-order chi connectivity index (χ0) is 20.4. The summed E-state index contributed by atoms with van der Waals surface area (Å²) >= 11 is 5.86. The van der Waals surface area contributed by atoms with E-state index < -0.39 is 5.82 Å². The molecule has 0 radical (unpaired) electrons. The summed E-state index contributed by atoms with van der Waals surface area (Å²) in [7, 11) is 0. The highest BCUT2D eigenvalue weighted by atomic mass is 35.5. The Hall–Kier alpha value is -2.11.